The standard InChI is InChI=1S/C12H17NO3/c1-9(12(14)15-2)13(10-5-6-10)8-11-4-3-7-16-11/h3-4,7,9-10H,5-6,8H2,1-2H3. The number of methoxy groups -OCH3 is 1. The van der Waals surface area contributed by atoms with Gasteiger partial charge in [-0.25, -0.2) is 0 Å². The highest BCUT2D eigenvalue weighted by Gasteiger charge is 2.35. The fourth-order valence-corrected chi connectivity index (χ4v) is 1.88. The summed E-state index contributed by atoms with van der Waals surface area (Å²) in [6.45, 7) is 2.56. The lowest BCUT2D eigenvalue weighted by Gasteiger charge is -2.25. The molecular weight excluding hydrogens is 206 g/mol. The van der Waals surface area contributed by atoms with Crippen LogP contribution in [0.1, 0.15) is 25.5 Å². The van der Waals surface area contributed by atoms with Gasteiger partial charge in [-0.3, -0.25) is 9.69 Å². The zero-order valence-corrected chi connectivity index (χ0v) is 9.68. The molecule has 0 bridgehead atoms. The maximum absolute atomic E-state index is 11.5. The van der Waals surface area contributed by atoms with Gasteiger partial charge in [-0.05, 0) is 31.9 Å². The normalized spacial score (nSPS) is 17.4. The van der Waals surface area contributed by atoms with E-state index in [1.165, 1.54) is 7.11 Å². The maximum atomic E-state index is 11.5. The molecule has 1 saturated carbocycles. The number of hydrogen-bond acceptors (Lipinski definition) is 4. The molecule has 1 fully saturated rings. The molecule has 0 aliphatic heterocycles. The van der Waals surface area contributed by atoms with E-state index < -0.39 is 0 Å². The molecule has 1 unspecified atom stereocenters. The van der Waals surface area contributed by atoms with Crippen LogP contribution in [-0.4, -0.2) is 30.1 Å². The number of nitrogens with zero attached hydrogens (tertiary/aromatic N) is 1. The van der Waals surface area contributed by atoms with E-state index in [1.54, 1.807) is 6.26 Å². The summed E-state index contributed by atoms with van der Waals surface area (Å²) in [4.78, 5) is 13.7. The molecule has 4 nitrogen and oxygen atoms in total. The lowest BCUT2D eigenvalue weighted by molar-refractivity contribution is -0.146. The number of carbonyl (C=O) groups is 1. The Kier molecular flexibility index (Phi) is 3.29. The second kappa shape index (κ2) is 4.70. The van der Waals surface area contributed by atoms with E-state index in [1.807, 2.05) is 19.1 Å². The Morgan fingerprint density at radius 2 is 2.44 bits per heavy atom. The van der Waals surface area contributed by atoms with Crippen molar-refractivity contribution in [3.05, 3.63) is 24.2 Å². The first-order chi connectivity index (χ1) is 7.72. The van der Waals surface area contributed by atoms with Crippen molar-refractivity contribution in [3.63, 3.8) is 0 Å². The summed E-state index contributed by atoms with van der Waals surface area (Å²) in [5, 5.41) is 0. The molecule has 1 aliphatic rings. The number of rotatable bonds is 5. The molecule has 1 aliphatic carbocycles. The zero-order valence-electron chi connectivity index (χ0n) is 9.68. The average molecular weight is 223 g/mol. The van der Waals surface area contributed by atoms with Crippen molar-refractivity contribution < 1.29 is 13.9 Å². The molecule has 16 heavy (non-hydrogen) atoms. The first-order valence-corrected chi connectivity index (χ1v) is 5.58. The van der Waals surface area contributed by atoms with Gasteiger partial charge in [-0.2, -0.15) is 0 Å². The number of hydrogen-bond donors (Lipinski definition) is 0. The second-order valence-electron chi connectivity index (χ2n) is 4.18. The van der Waals surface area contributed by atoms with Crippen molar-refractivity contribution in [1.29, 1.82) is 0 Å². The molecule has 1 atom stereocenters. The van der Waals surface area contributed by atoms with Gasteiger partial charge in [-0.15, -0.1) is 0 Å². The first-order valence-electron chi connectivity index (χ1n) is 5.58. The summed E-state index contributed by atoms with van der Waals surface area (Å²) in [6.07, 6.45) is 3.97. The van der Waals surface area contributed by atoms with Gasteiger partial charge < -0.3 is 9.15 Å². The molecule has 0 radical (unpaired) electrons. The molecule has 0 saturated heterocycles. The minimum absolute atomic E-state index is 0.182. The van der Waals surface area contributed by atoms with Crippen LogP contribution in [0.4, 0.5) is 0 Å². The van der Waals surface area contributed by atoms with Gasteiger partial charge in [0.15, 0.2) is 0 Å². The zero-order chi connectivity index (χ0) is 11.5. The lowest BCUT2D eigenvalue weighted by atomic mass is 10.2. The van der Waals surface area contributed by atoms with E-state index in [-0.39, 0.29) is 12.0 Å². The fourth-order valence-electron chi connectivity index (χ4n) is 1.88. The van der Waals surface area contributed by atoms with Crippen LogP contribution in [0.2, 0.25) is 0 Å². The van der Waals surface area contributed by atoms with Gasteiger partial charge in [0.05, 0.1) is 19.9 Å². The lowest BCUT2D eigenvalue weighted by Crippen LogP contribution is -2.40. The van der Waals surface area contributed by atoms with E-state index in [2.05, 4.69) is 4.90 Å². The van der Waals surface area contributed by atoms with E-state index in [4.69, 9.17) is 9.15 Å². The minimum Gasteiger partial charge on any atom is -0.468 e. The van der Waals surface area contributed by atoms with Crippen molar-refractivity contribution in [3.8, 4) is 0 Å². The van der Waals surface area contributed by atoms with Crippen molar-refractivity contribution in [1.82, 2.24) is 4.90 Å². The van der Waals surface area contributed by atoms with Gasteiger partial charge in [0.2, 0.25) is 0 Å². The Hall–Kier alpha value is -1.29. The largest absolute Gasteiger partial charge is 0.468 e. The predicted octanol–water partition coefficient (Wildman–Crippen LogP) is 1.81. The summed E-state index contributed by atoms with van der Waals surface area (Å²) in [5.41, 5.74) is 0. The van der Waals surface area contributed by atoms with Crippen LogP contribution in [0, 0.1) is 0 Å². The molecule has 2 rings (SSSR count). The van der Waals surface area contributed by atoms with Crippen LogP contribution in [0.15, 0.2) is 22.8 Å². The third-order valence-electron chi connectivity index (χ3n) is 2.97. The molecule has 0 spiro atoms. The topological polar surface area (TPSA) is 42.7 Å². The molecular formula is C12H17NO3. The van der Waals surface area contributed by atoms with E-state index in [9.17, 15) is 4.79 Å². The molecule has 0 N–H and O–H groups in total. The SMILES string of the molecule is COC(=O)C(C)N(Cc1ccco1)C1CC1. The Labute approximate surface area is 95.2 Å². The monoisotopic (exact) mass is 223 g/mol. The average Bonchev–Trinajstić information content (AvgIpc) is 3.01. The van der Waals surface area contributed by atoms with E-state index in [0.29, 0.717) is 12.6 Å². The van der Waals surface area contributed by atoms with Crippen molar-refractivity contribution in [2.24, 2.45) is 0 Å². The summed E-state index contributed by atoms with van der Waals surface area (Å²) in [7, 11) is 1.43. The Balaban J connectivity index is 2.02. The third kappa shape index (κ3) is 2.44. The number of ether oxygens (including phenoxy) is 1. The quantitative estimate of drug-likeness (QED) is 0.714. The minimum atomic E-state index is -0.206. The third-order valence-corrected chi connectivity index (χ3v) is 2.97. The first kappa shape index (κ1) is 11.2. The van der Waals surface area contributed by atoms with Crippen LogP contribution < -0.4 is 0 Å². The van der Waals surface area contributed by atoms with Crippen molar-refractivity contribution in [2.45, 2.75) is 38.4 Å². The van der Waals surface area contributed by atoms with Crippen LogP contribution in [0.5, 0.6) is 0 Å². The molecule has 88 valence electrons. The molecule has 1 aromatic heterocycles. The van der Waals surface area contributed by atoms with E-state index >= 15 is 0 Å². The Bertz CT molecular complexity index is 343. The van der Waals surface area contributed by atoms with Crippen molar-refractivity contribution in [2.75, 3.05) is 7.11 Å². The predicted molar refractivity (Wildman–Crippen MR) is 58.8 cm³/mol. The number of carbonyl (C=O) groups excluding carboxylic acids is 1. The van der Waals surface area contributed by atoms with Gasteiger partial charge >= 0.3 is 5.97 Å². The molecule has 4 heteroatoms. The number of furan rings is 1. The fraction of sp³-hybridized carbons (Fsp3) is 0.583. The van der Waals surface area contributed by atoms with Gasteiger partial charge in [0.25, 0.3) is 0 Å². The summed E-state index contributed by atoms with van der Waals surface area (Å²) >= 11 is 0. The second-order valence-corrected chi connectivity index (χ2v) is 4.18. The smallest absolute Gasteiger partial charge is 0.322 e. The highest BCUT2D eigenvalue weighted by Crippen LogP contribution is 2.30. The van der Waals surface area contributed by atoms with Crippen LogP contribution in [-0.2, 0) is 16.1 Å². The van der Waals surface area contributed by atoms with Gasteiger partial charge in [0.1, 0.15) is 11.8 Å². The Morgan fingerprint density at radius 1 is 1.69 bits per heavy atom. The summed E-state index contributed by atoms with van der Waals surface area (Å²) in [6, 6.07) is 4.09. The van der Waals surface area contributed by atoms with Gasteiger partial charge in [-0.1, -0.05) is 0 Å². The molecule has 0 aromatic carbocycles. The number of esters is 1. The highest BCUT2D eigenvalue weighted by molar-refractivity contribution is 5.75. The summed E-state index contributed by atoms with van der Waals surface area (Å²) < 4.78 is 10.1. The molecule has 1 aromatic rings. The summed E-state index contributed by atoms with van der Waals surface area (Å²) in [5.74, 6) is 0.709. The maximum Gasteiger partial charge on any atom is 0.322 e. The van der Waals surface area contributed by atoms with Gasteiger partial charge in [0, 0.05) is 6.04 Å². The van der Waals surface area contributed by atoms with Crippen LogP contribution >= 0.6 is 0 Å². The molecule has 1 heterocycles. The van der Waals surface area contributed by atoms with E-state index in [0.717, 1.165) is 18.6 Å². The Morgan fingerprint density at radius 3 is 2.94 bits per heavy atom. The van der Waals surface area contributed by atoms with Crippen molar-refractivity contribution >= 4 is 5.97 Å². The highest BCUT2D eigenvalue weighted by atomic mass is 16.5. The molecule has 0 amide bonds. The van der Waals surface area contributed by atoms with Crippen LogP contribution in [0.25, 0.3) is 0 Å². The van der Waals surface area contributed by atoms with Crippen LogP contribution in [0.3, 0.4) is 0 Å².